The van der Waals surface area contributed by atoms with E-state index in [4.69, 9.17) is 4.74 Å². The minimum Gasteiger partial charge on any atom is -0.496 e. The molecule has 0 heterocycles. The average molecular weight is 260 g/mol. The Kier molecular flexibility index (Phi) is 5.23. The number of aryl methyl sites for hydroxylation is 2. The molecule has 0 aliphatic rings. The van der Waals surface area contributed by atoms with Crippen molar-refractivity contribution in [1.82, 2.24) is 0 Å². The third kappa shape index (κ3) is 3.64. The first-order valence-corrected chi connectivity index (χ1v) is 6.66. The van der Waals surface area contributed by atoms with Crippen LogP contribution in [0.25, 0.3) is 0 Å². The van der Waals surface area contributed by atoms with E-state index in [0.717, 1.165) is 17.9 Å². The first-order valence-electron chi connectivity index (χ1n) is 6.66. The number of ether oxygens (including phenoxy) is 1. The molecular formula is C16H24N2O. The van der Waals surface area contributed by atoms with Crippen molar-refractivity contribution in [2.24, 2.45) is 11.8 Å². The van der Waals surface area contributed by atoms with Gasteiger partial charge in [0.05, 0.1) is 19.1 Å². The lowest BCUT2D eigenvalue weighted by molar-refractivity contribution is 0.411. The summed E-state index contributed by atoms with van der Waals surface area (Å²) in [4.78, 5) is 2.16. The number of methoxy groups -OCH3 is 1. The molecule has 0 spiro atoms. The third-order valence-electron chi connectivity index (χ3n) is 3.57. The molecule has 1 aromatic carbocycles. The normalized spacial score (nSPS) is 12.1. The summed E-state index contributed by atoms with van der Waals surface area (Å²) in [5.74, 6) is 1.33. The highest BCUT2D eigenvalue weighted by molar-refractivity contribution is 5.58. The maximum atomic E-state index is 9.20. The molecule has 104 valence electrons. The molecule has 1 atom stereocenters. The van der Waals surface area contributed by atoms with Crippen molar-refractivity contribution >= 4 is 5.69 Å². The predicted molar refractivity (Wildman–Crippen MR) is 79.7 cm³/mol. The molecule has 0 bridgehead atoms. The molecule has 0 aromatic heterocycles. The number of hydrogen-bond donors (Lipinski definition) is 0. The molecule has 1 rings (SSSR count). The number of anilines is 1. The molecule has 0 saturated carbocycles. The lowest BCUT2D eigenvalue weighted by Gasteiger charge is -2.26. The molecule has 0 N–H and O–H groups in total. The Morgan fingerprint density at radius 1 is 1.26 bits per heavy atom. The van der Waals surface area contributed by atoms with E-state index in [1.54, 1.807) is 7.11 Å². The van der Waals surface area contributed by atoms with Gasteiger partial charge in [0.2, 0.25) is 0 Å². The molecule has 0 fully saturated rings. The molecular weight excluding hydrogens is 236 g/mol. The minimum absolute atomic E-state index is 0.0480. The molecule has 0 saturated heterocycles. The van der Waals surface area contributed by atoms with Crippen LogP contribution in [0.1, 0.15) is 25.0 Å². The Morgan fingerprint density at radius 3 is 2.37 bits per heavy atom. The number of rotatable bonds is 5. The summed E-state index contributed by atoms with van der Waals surface area (Å²) in [7, 11) is 3.73. The Hall–Kier alpha value is -1.69. The Labute approximate surface area is 116 Å². The van der Waals surface area contributed by atoms with E-state index in [-0.39, 0.29) is 5.92 Å². The topological polar surface area (TPSA) is 36.3 Å². The van der Waals surface area contributed by atoms with Crippen LogP contribution in [0.4, 0.5) is 5.69 Å². The van der Waals surface area contributed by atoms with Crippen LogP contribution < -0.4 is 9.64 Å². The van der Waals surface area contributed by atoms with Gasteiger partial charge in [-0.1, -0.05) is 13.8 Å². The summed E-state index contributed by atoms with van der Waals surface area (Å²) < 4.78 is 5.33. The van der Waals surface area contributed by atoms with Crippen LogP contribution in [0, 0.1) is 37.0 Å². The van der Waals surface area contributed by atoms with Crippen LogP contribution in [0.2, 0.25) is 0 Å². The van der Waals surface area contributed by atoms with Crippen LogP contribution in [-0.2, 0) is 0 Å². The maximum absolute atomic E-state index is 9.20. The van der Waals surface area contributed by atoms with Crippen LogP contribution in [0.15, 0.2) is 12.1 Å². The van der Waals surface area contributed by atoms with Crippen molar-refractivity contribution in [2.45, 2.75) is 27.7 Å². The van der Waals surface area contributed by atoms with Crippen molar-refractivity contribution < 1.29 is 4.74 Å². The summed E-state index contributed by atoms with van der Waals surface area (Å²) in [6, 6.07) is 6.57. The van der Waals surface area contributed by atoms with Gasteiger partial charge in [-0.25, -0.2) is 0 Å². The van der Waals surface area contributed by atoms with E-state index in [0.29, 0.717) is 5.92 Å². The zero-order chi connectivity index (χ0) is 14.6. The standard InChI is InChI=1S/C16H24N2O/c1-11(2)14(9-17)10-18(5)15-7-13(4)16(19-6)8-12(15)3/h7-8,11,14H,10H2,1-6H3. The highest BCUT2D eigenvalue weighted by Gasteiger charge is 2.17. The van der Waals surface area contributed by atoms with Crippen molar-refractivity contribution in [2.75, 3.05) is 25.6 Å². The Balaban J connectivity index is 2.97. The van der Waals surface area contributed by atoms with E-state index in [1.165, 1.54) is 11.3 Å². The predicted octanol–water partition coefficient (Wildman–Crippen LogP) is 3.54. The Bertz CT molecular complexity index is 474. The second-order valence-corrected chi connectivity index (χ2v) is 5.47. The summed E-state index contributed by atoms with van der Waals surface area (Å²) in [6.07, 6.45) is 0. The van der Waals surface area contributed by atoms with Gasteiger partial charge in [-0.2, -0.15) is 5.26 Å². The first kappa shape index (κ1) is 15.4. The molecule has 0 radical (unpaired) electrons. The molecule has 19 heavy (non-hydrogen) atoms. The fraction of sp³-hybridized carbons (Fsp3) is 0.562. The lowest BCUT2D eigenvalue weighted by atomic mass is 9.96. The van der Waals surface area contributed by atoms with E-state index < -0.39 is 0 Å². The van der Waals surface area contributed by atoms with Gasteiger partial charge in [-0.05, 0) is 43.0 Å². The molecule has 0 aliphatic heterocycles. The molecule has 3 heteroatoms. The molecule has 1 aromatic rings. The van der Waals surface area contributed by atoms with Gasteiger partial charge in [0, 0.05) is 19.3 Å². The zero-order valence-corrected chi connectivity index (χ0v) is 12.8. The largest absolute Gasteiger partial charge is 0.496 e. The summed E-state index contributed by atoms with van der Waals surface area (Å²) in [5, 5.41) is 9.20. The first-order chi connectivity index (χ1) is 8.90. The summed E-state index contributed by atoms with van der Waals surface area (Å²) >= 11 is 0. The minimum atomic E-state index is 0.0480. The van der Waals surface area contributed by atoms with Gasteiger partial charge in [-0.3, -0.25) is 0 Å². The smallest absolute Gasteiger partial charge is 0.122 e. The van der Waals surface area contributed by atoms with Crippen molar-refractivity contribution in [3.05, 3.63) is 23.3 Å². The number of nitriles is 1. The average Bonchev–Trinajstić information content (AvgIpc) is 2.37. The van der Waals surface area contributed by atoms with Crippen LogP contribution in [0.3, 0.4) is 0 Å². The van der Waals surface area contributed by atoms with E-state index in [1.807, 2.05) is 14.0 Å². The number of benzene rings is 1. The molecule has 0 amide bonds. The molecule has 1 unspecified atom stereocenters. The molecule has 0 aliphatic carbocycles. The van der Waals surface area contributed by atoms with Crippen LogP contribution in [-0.4, -0.2) is 20.7 Å². The SMILES string of the molecule is COc1cc(C)c(N(C)CC(C#N)C(C)C)cc1C. The van der Waals surface area contributed by atoms with Crippen LogP contribution in [0.5, 0.6) is 5.75 Å². The third-order valence-corrected chi connectivity index (χ3v) is 3.57. The van der Waals surface area contributed by atoms with Crippen molar-refractivity contribution in [3.63, 3.8) is 0 Å². The van der Waals surface area contributed by atoms with Crippen LogP contribution >= 0.6 is 0 Å². The zero-order valence-electron chi connectivity index (χ0n) is 12.8. The number of hydrogen-bond acceptors (Lipinski definition) is 3. The van der Waals surface area contributed by atoms with E-state index in [9.17, 15) is 5.26 Å². The molecule has 3 nitrogen and oxygen atoms in total. The lowest BCUT2D eigenvalue weighted by Crippen LogP contribution is -2.28. The van der Waals surface area contributed by atoms with Gasteiger partial charge < -0.3 is 9.64 Å². The van der Waals surface area contributed by atoms with Crippen molar-refractivity contribution in [1.29, 1.82) is 5.26 Å². The van der Waals surface area contributed by atoms with E-state index >= 15 is 0 Å². The Morgan fingerprint density at radius 2 is 1.89 bits per heavy atom. The van der Waals surface area contributed by atoms with Gasteiger partial charge in [0.15, 0.2) is 0 Å². The highest BCUT2D eigenvalue weighted by Crippen LogP contribution is 2.29. The van der Waals surface area contributed by atoms with Gasteiger partial charge in [0.25, 0.3) is 0 Å². The fourth-order valence-electron chi connectivity index (χ4n) is 2.20. The van der Waals surface area contributed by atoms with Gasteiger partial charge >= 0.3 is 0 Å². The van der Waals surface area contributed by atoms with Gasteiger partial charge in [0.1, 0.15) is 5.75 Å². The summed E-state index contributed by atoms with van der Waals surface area (Å²) in [6.45, 7) is 9.05. The van der Waals surface area contributed by atoms with E-state index in [2.05, 4.69) is 43.9 Å². The monoisotopic (exact) mass is 260 g/mol. The fourth-order valence-corrected chi connectivity index (χ4v) is 2.20. The van der Waals surface area contributed by atoms with Gasteiger partial charge in [-0.15, -0.1) is 0 Å². The maximum Gasteiger partial charge on any atom is 0.122 e. The quantitative estimate of drug-likeness (QED) is 0.812. The summed E-state index contributed by atoms with van der Waals surface area (Å²) in [5.41, 5.74) is 3.46. The van der Waals surface area contributed by atoms with Crippen molar-refractivity contribution in [3.8, 4) is 11.8 Å². The number of nitrogens with zero attached hydrogens (tertiary/aromatic N) is 2. The second-order valence-electron chi connectivity index (χ2n) is 5.47. The second kappa shape index (κ2) is 6.47. The highest BCUT2D eigenvalue weighted by atomic mass is 16.5.